The van der Waals surface area contributed by atoms with E-state index in [1.807, 2.05) is 30.3 Å². The van der Waals surface area contributed by atoms with Gasteiger partial charge in [0, 0.05) is 18.2 Å². The number of carbonyl (C=O) groups is 2. The average Bonchev–Trinajstić information content (AvgIpc) is 2.71. The number of halogens is 1. The maximum Gasteiger partial charge on any atom is 0.291 e. The van der Waals surface area contributed by atoms with Crippen molar-refractivity contribution >= 4 is 34.8 Å². The number of anilines is 2. The summed E-state index contributed by atoms with van der Waals surface area (Å²) in [5, 5.41) is 9.78. The van der Waals surface area contributed by atoms with Crippen LogP contribution in [0.25, 0.3) is 11.3 Å². The molecular formula is C21H19ClN4O4. The summed E-state index contributed by atoms with van der Waals surface area (Å²) < 4.78 is 6.09. The van der Waals surface area contributed by atoms with E-state index in [1.165, 1.54) is 26.2 Å². The Morgan fingerprint density at radius 3 is 2.47 bits per heavy atom. The molecule has 1 aromatic heterocycles. The van der Waals surface area contributed by atoms with Gasteiger partial charge in [-0.1, -0.05) is 41.9 Å². The highest BCUT2D eigenvalue weighted by Crippen LogP contribution is 2.27. The van der Waals surface area contributed by atoms with Gasteiger partial charge in [-0.25, -0.2) is 4.68 Å². The number of ether oxygens (including phenoxy) is 1. The highest BCUT2D eigenvalue weighted by Gasteiger charge is 2.14. The Morgan fingerprint density at radius 1 is 1.10 bits per heavy atom. The SMILES string of the molecule is COc1ccc(NC(=O)Cn2nc(-c3ccccc3)cc(NC(C)=O)c2=O)cc1Cl. The predicted octanol–water partition coefficient (Wildman–Crippen LogP) is 3.17. The van der Waals surface area contributed by atoms with Gasteiger partial charge in [0.1, 0.15) is 18.0 Å². The van der Waals surface area contributed by atoms with Crippen LogP contribution < -0.4 is 20.9 Å². The smallest absolute Gasteiger partial charge is 0.291 e. The Hall–Kier alpha value is -3.65. The second-order valence-electron chi connectivity index (χ2n) is 6.35. The van der Waals surface area contributed by atoms with Gasteiger partial charge < -0.3 is 15.4 Å². The van der Waals surface area contributed by atoms with Crippen molar-refractivity contribution < 1.29 is 14.3 Å². The number of hydrogen-bond donors (Lipinski definition) is 2. The van der Waals surface area contributed by atoms with Gasteiger partial charge in [-0.3, -0.25) is 14.4 Å². The third-order valence-corrected chi connectivity index (χ3v) is 4.38. The first-order valence-electron chi connectivity index (χ1n) is 8.96. The maximum atomic E-state index is 12.7. The molecule has 0 bridgehead atoms. The summed E-state index contributed by atoms with van der Waals surface area (Å²) in [6.45, 7) is 0.947. The van der Waals surface area contributed by atoms with Crippen molar-refractivity contribution in [3.8, 4) is 17.0 Å². The van der Waals surface area contributed by atoms with Crippen molar-refractivity contribution in [2.75, 3.05) is 17.7 Å². The van der Waals surface area contributed by atoms with Gasteiger partial charge in [0.05, 0.1) is 17.8 Å². The normalized spacial score (nSPS) is 10.4. The van der Waals surface area contributed by atoms with E-state index < -0.39 is 17.4 Å². The van der Waals surface area contributed by atoms with Crippen LogP contribution >= 0.6 is 11.6 Å². The maximum absolute atomic E-state index is 12.7. The first kappa shape index (κ1) is 21.1. The van der Waals surface area contributed by atoms with Crippen molar-refractivity contribution in [3.63, 3.8) is 0 Å². The molecule has 154 valence electrons. The van der Waals surface area contributed by atoms with Gasteiger partial charge in [-0.15, -0.1) is 0 Å². The van der Waals surface area contributed by atoms with E-state index in [9.17, 15) is 14.4 Å². The molecule has 0 saturated carbocycles. The van der Waals surface area contributed by atoms with E-state index in [0.717, 1.165) is 10.2 Å². The molecule has 2 N–H and O–H groups in total. The van der Waals surface area contributed by atoms with Crippen molar-refractivity contribution in [3.05, 3.63) is 70.0 Å². The largest absolute Gasteiger partial charge is 0.495 e. The fourth-order valence-electron chi connectivity index (χ4n) is 2.76. The number of nitrogens with zero attached hydrogens (tertiary/aromatic N) is 2. The number of carbonyl (C=O) groups excluding carboxylic acids is 2. The quantitative estimate of drug-likeness (QED) is 0.630. The Labute approximate surface area is 177 Å². The molecule has 2 aromatic carbocycles. The fraction of sp³-hybridized carbons (Fsp3) is 0.143. The predicted molar refractivity (Wildman–Crippen MR) is 115 cm³/mol. The topological polar surface area (TPSA) is 102 Å². The van der Waals surface area contributed by atoms with Crippen molar-refractivity contribution in [1.29, 1.82) is 0 Å². The molecule has 0 saturated heterocycles. The van der Waals surface area contributed by atoms with E-state index in [0.29, 0.717) is 22.2 Å². The lowest BCUT2D eigenvalue weighted by molar-refractivity contribution is -0.117. The van der Waals surface area contributed by atoms with E-state index in [-0.39, 0.29) is 12.2 Å². The lowest BCUT2D eigenvalue weighted by Crippen LogP contribution is -2.32. The van der Waals surface area contributed by atoms with E-state index in [4.69, 9.17) is 16.3 Å². The number of nitrogens with one attached hydrogen (secondary N) is 2. The van der Waals surface area contributed by atoms with Crippen LogP contribution in [0.1, 0.15) is 6.92 Å². The molecular weight excluding hydrogens is 408 g/mol. The monoisotopic (exact) mass is 426 g/mol. The minimum atomic E-state index is -0.590. The average molecular weight is 427 g/mol. The highest BCUT2D eigenvalue weighted by atomic mass is 35.5. The van der Waals surface area contributed by atoms with Crippen LogP contribution in [0.15, 0.2) is 59.4 Å². The van der Waals surface area contributed by atoms with Gasteiger partial charge in [-0.05, 0) is 24.3 Å². The zero-order chi connectivity index (χ0) is 21.7. The fourth-order valence-corrected chi connectivity index (χ4v) is 3.02. The van der Waals surface area contributed by atoms with E-state index in [2.05, 4.69) is 15.7 Å². The molecule has 3 aromatic rings. The first-order chi connectivity index (χ1) is 14.4. The van der Waals surface area contributed by atoms with Crippen LogP contribution in [0, 0.1) is 0 Å². The van der Waals surface area contributed by atoms with Crippen molar-refractivity contribution in [2.24, 2.45) is 0 Å². The number of benzene rings is 2. The lowest BCUT2D eigenvalue weighted by Gasteiger charge is -2.12. The molecule has 2 amide bonds. The number of amides is 2. The molecule has 0 unspecified atom stereocenters. The molecule has 30 heavy (non-hydrogen) atoms. The Kier molecular flexibility index (Phi) is 6.48. The standard InChI is InChI=1S/C21H19ClN4O4/c1-13(27)23-18-11-17(14-6-4-3-5-7-14)25-26(21(18)29)12-20(28)24-15-8-9-19(30-2)16(22)10-15/h3-11H,12H2,1-2H3,(H,23,27)(H,24,28). The summed E-state index contributed by atoms with van der Waals surface area (Å²) in [4.78, 5) is 36.7. The Balaban J connectivity index is 1.90. The van der Waals surface area contributed by atoms with E-state index >= 15 is 0 Å². The second kappa shape index (κ2) is 9.23. The summed E-state index contributed by atoms with van der Waals surface area (Å²) >= 11 is 6.07. The molecule has 0 fully saturated rings. The van der Waals surface area contributed by atoms with E-state index in [1.54, 1.807) is 12.1 Å². The van der Waals surface area contributed by atoms with Crippen LogP contribution in [-0.4, -0.2) is 28.7 Å². The van der Waals surface area contributed by atoms with Crippen molar-refractivity contribution in [1.82, 2.24) is 9.78 Å². The zero-order valence-electron chi connectivity index (χ0n) is 16.3. The molecule has 0 aliphatic rings. The number of rotatable bonds is 6. The molecule has 0 atom stereocenters. The van der Waals surface area contributed by atoms with Crippen LogP contribution in [0.5, 0.6) is 5.75 Å². The van der Waals surface area contributed by atoms with Crippen LogP contribution in [0.4, 0.5) is 11.4 Å². The summed E-state index contributed by atoms with van der Waals surface area (Å²) in [5.41, 5.74) is 1.07. The first-order valence-corrected chi connectivity index (χ1v) is 9.33. The third-order valence-electron chi connectivity index (χ3n) is 4.08. The molecule has 9 heteroatoms. The molecule has 0 aliphatic carbocycles. The lowest BCUT2D eigenvalue weighted by atomic mass is 10.1. The Bertz CT molecular complexity index is 1150. The number of aromatic nitrogens is 2. The minimum absolute atomic E-state index is 0.0386. The van der Waals surface area contributed by atoms with Gasteiger partial charge in [0.25, 0.3) is 5.56 Å². The van der Waals surface area contributed by atoms with Crippen LogP contribution in [-0.2, 0) is 16.1 Å². The molecule has 8 nitrogen and oxygen atoms in total. The second-order valence-corrected chi connectivity index (χ2v) is 6.76. The van der Waals surface area contributed by atoms with Gasteiger partial charge in [0.15, 0.2) is 0 Å². The molecule has 1 heterocycles. The zero-order valence-corrected chi connectivity index (χ0v) is 17.1. The minimum Gasteiger partial charge on any atom is -0.495 e. The molecule has 0 spiro atoms. The third kappa shape index (κ3) is 5.03. The molecule has 3 rings (SSSR count). The number of hydrogen-bond acceptors (Lipinski definition) is 5. The Morgan fingerprint density at radius 2 is 1.83 bits per heavy atom. The van der Waals surface area contributed by atoms with Crippen LogP contribution in [0.2, 0.25) is 5.02 Å². The summed E-state index contributed by atoms with van der Waals surface area (Å²) in [6, 6.07) is 15.4. The molecule has 0 radical (unpaired) electrons. The highest BCUT2D eigenvalue weighted by molar-refractivity contribution is 6.32. The van der Waals surface area contributed by atoms with Gasteiger partial charge in [-0.2, -0.15) is 5.10 Å². The molecule has 0 aliphatic heterocycles. The van der Waals surface area contributed by atoms with Gasteiger partial charge in [0.2, 0.25) is 11.8 Å². The summed E-state index contributed by atoms with van der Waals surface area (Å²) in [6.07, 6.45) is 0. The summed E-state index contributed by atoms with van der Waals surface area (Å²) in [7, 11) is 1.49. The van der Waals surface area contributed by atoms with Crippen molar-refractivity contribution in [2.45, 2.75) is 13.5 Å². The summed E-state index contributed by atoms with van der Waals surface area (Å²) in [5.74, 6) is -0.408. The number of methoxy groups -OCH3 is 1. The van der Waals surface area contributed by atoms with Crippen LogP contribution in [0.3, 0.4) is 0 Å². The van der Waals surface area contributed by atoms with Gasteiger partial charge >= 0.3 is 0 Å².